The molecule has 0 bridgehead atoms. The van der Waals surface area contributed by atoms with E-state index >= 15 is 0 Å². The van der Waals surface area contributed by atoms with Crippen molar-refractivity contribution in [3.63, 3.8) is 0 Å². The van der Waals surface area contributed by atoms with Crippen LogP contribution >= 0.6 is 0 Å². The van der Waals surface area contributed by atoms with Gasteiger partial charge in [0.1, 0.15) is 13.2 Å². The highest BCUT2D eigenvalue weighted by atomic mass is 16.6. The second-order valence-corrected chi connectivity index (χ2v) is 6.70. The van der Waals surface area contributed by atoms with Crippen molar-refractivity contribution < 1.29 is 19.1 Å². The highest BCUT2D eigenvalue weighted by molar-refractivity contribution is 5.98. The standard InChI is InChI=1S/C20H21N3O4/c1-13-2-4-14(5-3-13)21-20(25)22-15-10-19(24)23(12-15)16-6-7-17-18(11-16)27-9-8-26-17/h2-7,11,15H,8-10,12H2,1H3,(H2,21,22,25)/t15-/m1/s1. The predicted octanol–water partition coefficient (Wildman–Crippen LogP) is 2.69. The van der Waals surface area contributed by atoms with E-state index in [4.69, 9.17) is 9.47 Å². The number of amides is 3. The molecule has 2 aliphatic heterocycles. The Morgan fingerprint density at radius 1 is 1.07 bits per heavy atom. The number of carbonyl (C=O) groups excluding carboxylic acids is 2. The summed E-state index contributed by atoms with van der Waals surface area (Å²) in [5.41, 5.74) is 2.58. The van der Waals surface area contributed by atoms with Crippen LogP contribution in [0.5, 0.6) is 11.5 Å². The normalized spacial score (nSPS) is 18.3. The van der Waals surface area contributed by atoms with E-state index in [0.29, 0.717) is 36.9 Å². The predicted molar refractivity (Wildman–Crippen MR) is 102 cm³/mol. The number of hydrogen-bond acceptors (Lipinski definition) is 4. The van der Waals surface area contributed by atoms with Gasteiger partial charge in [-0.3, -0.25) is 4.79 Å². The fourth-order valence-corrected chi connectivity index (χ4v) is 3.24. The van der Waals surface area contributed by atoms with Gasteiger partial charge in [0.25, 0.3) is 0 Å². The summed E-state index contributed by atoms with van der Waals surface area (Å²) in [6.07, 6.45) is 0.260. The number of anilines is 2. The molecule has 7 heteroatoms. The molecule has 0 saturated carbocycles. The van der Waals surface area contributed by atoms with Gasteiger partial charge >= 0.3 is 6.03 Å². The van der Waals surface area contributed by atoms with Gasteiger partial charge in [0, 0.05) is 30.4 Å². The molecular weight excluding hydrogens is 346 g/mol. The number of hydrogen-bond donors (Lipinski definition) is 2. The molecule has 1 saturated heterocycles. The van der Waals surface area contributed by atoms with Gasteiger partial charge in [-0.05, 0) is 31.2 Å². The molecule has 140 valence electrons. The summed E-state index contributed by atoms with van der Waals surface area (Å²) in [5, 5.41) is 5.66. The van der Waals surface area contributed by atoms with Crippen molar-refractivity contribution in [1.29, 1.82) is 0 Å². The highest BCUT2D eigenvalue weighted by Gasteiger charge is 2.32. The van der Waals surface area contributed by atoms with Gasteiger partial charge < -0.3 is 25.0 Å². The van der Waals surface area contributed by atoms with E-state index in [1.165, 1.54) is 0 Å². The zero-order chi connectivity index (χ0) is 18.8. The molecule has 0 unspecified atom stereocenters. The number of nitrogens with zero attached hydrogens (tertiary/aromatic N) is 1. The van der Waals surface area contributed by atoms with Crippen molar-refractivity contribution in [1.82, 2.24) is 5.32 Å². The molecule has 0 aromatic heterocycles. The van der Waals surface area contributed by atoms with Crippen molar-refractivity contribution in [2.45, 2.75) is 19.4 Å². The maximum absolute atomic E-state index is 12.4. The zero-order valence-corrected chi connectivity index (χ0v) is 15.0. The Balaban J connectivity index is 1.38. The Labute approximate surface area is 157 Å². The maximum Gasteiger partial charge on any atom is 0.319 e. The SMILES string of the molecule is Cc1ccc(NC(=O)N[C@@H]2CC(=O)N(c3ccc4c(c3)OCCO4)C2)cc1. The number of ether oxygens (including phenoxy) is 2. The van der Waals surface area contributed by atoms with Crippen LogP contribution in [0.15, 0.2) is 42.5 Å². The Kier molecular flexibility index (Phi) is 4.58. The zero-order valence-electron chi connectivity index (χ0n) is 15.0. The molecule has 3 amide bonds. The Bertz CT molecular complexity index is 866. The number of carbonyl (C=O) groups is 2. The lowest BCUT2D eigenvalue weighted by molar-refractivity contribution is -0.117. The third kappa shape index (κ3) is 3.81. The molecule has 0 aliphatic carbocycles. The molecule has 1 atom stereocenters. The average molecular weight is 367 g/mol. The number of rotatable bonds is 3. The van der Waals surface area contributed by atoms with E-state index < -0.39 is 0 Å². The van der Waals surface area contributed by atoms with Crippen LogP contribution in [0.1, 0.15) is 12.0 Å². The summed E-state index contributed by atoms with van der Waals surface area (Å²) in [6, 6.07) is 12.4. The van der Waals surface area contributed by atoms with Crippen LogP contribution in [0.3, 0.4) is 0 Å². The monoisotopic (exact) mass is 367 g/mol. The van der Waals surface area contributed by atoms with Crippen LogP contribution in [-0.4, -0.2) is 37.7 Å². The van der Waals surface area contributed by atoms with E-state index in [-0.39, 0.29) is 24.4 Å². The van der Waals surface area contributed by atoms with Crippen LogP contribution < -0.4 is 25.0 Å². The van der Waals surface area contributed by atoms with Crippen molar-refractivity contribution in [2.24, 2.45) is 0 Å². The molecule has 1 fully saturated rings. The molecule has 7 nitrogen and oxygen atoms in total. The number of urea groups is 1. The van der Waals surface area contributed by atoms with E-state index in [9.17, 15) is 9.59 Å². The van der Waals surface area contributed by atoms with Crippen LogP contribution in [0.2, 0.25) is 0 Å². The van der Waals surface area contributed by atoms with Gasteiger partial charge in [0.2, 0.25) is 5.91 Å². The highest BCUT2D eigenvalue weighted by Crippen LogP contribution is 2.35. The van der Waals surface area contributed by atoms with Gasteiger partial charge in [-0.15, -0.1) is 0 Å². The Morgan fingerprint density at radius 3 is 2.59 bits per heavy atom. The lowest BCUT2D eigenvalue weighted by Gasteiger charge is -2.22. The van der Waals surface area contributed by atoms with Crippen molar-refractivity contribution in [3.8, 4) is 11.5 Å². The summed E-state index contributed by atoms with van der Waals surface area (Å²) < 4.78 is 11.1. The lowest BCUT2D eigenvalue weighted by atomic mass is 10.2. The number of aryl methyl sites for hydroxylation is 1. The van der Waals surface area contributed by atoms with Gasteiger partial charge in [0.05, 0.1) is 6.04 Å². The van der Waals surface area contributed by atoms with Crippen molar-refractivity contribution in [2.75, 3.05) is 30.0 Å². The molecule has 2 aromatic carbocycles. The molecule has 0 spiro atoms. The molecule has 0 radical (unpaired) electrons. The quantitative estimate of drug-likeness (QED) is 0.874. The van der Waals surface area contributed by atoms with Crippen LogP contribution in [0.4, 0.5) is 16.2 Å². The first-order chi connectivity index (χ1) is 13.1. The van der Waals surface area contributed by atoms with Crippen LogP contribution in [0.25, 0.3) is 0 Å². The summed E-state index contributed by atoms with van der Waals surface area (Å²) in [5.74, 6) is 1.29. The number of benzene rings is 2. The van der Waals surface area contributed by atoms with Crippen molar-refractivity contribution >= 4 is 23.3 Å². The molecule has 27 heavy (non-hydrogen) atoms. The minimum absolute atomic E-state index is 0.0349. The minimum atomic E-state index is -0.319. The Morgan fingerprint density at radius 2 is 1.81 bits per heavy atom. The third-order valence-electron chi connectivity index (χ3n) is 4.61. The number of nitrogens with one attached hydrogen (secondary N) is 2. The second-order valence-electron chi connectivity index (χ2n) is 6.70. The average Bonchev–Trinajstić information content (AvgIpc) is 3.03. The molecule has 2 heterocycles. The minimum Gasteiger partial charge on any atom is -0.486 e. The molecule has 2 aliphatic rings. The van der Waals surface area contributed by atoms with E-state index in [0.717, 1.165) is 11.3 Å². The van der Waals surface area contributed by atoms with E-state index in [1.807, 2.05) is 43.3 Å². The molecule has 2 aromatic rings. The Hall–Kier alpha value is -3.22. The fraction of sp³-hybridized carbons (Fsp3) is 0.300. The smallest absolute Gasteiger partial charge is 0.319 e. The molecule has 2 N–H and O–H groups in total. The first-order valence-electron chi connectivity index (χ1n) is 8.93. The molecular formula is C20H21N3O4. The number of fused-ring (bicyclic) bond motifs is 1. The lowest BCUT2D eigenvalue weighted by Crippen LogP contribution is -2.39. The van der Waals surface area contributed by atoms with Crippen LogP contribution in [0, 0.1) is 6.92 Å². The first kappa shape index (κ1) is 17.2. The summed E-state index contributed by atoms with van der Waals surface area (Å²) in [4.78, 5) is 26.3. The van der Waals surface area contributed by atoms with E-state index in [1.54, 1.807) is 11.0 Å². The first-order valence-corrected chi connectivity index (χ1v) is 8.93. The summed E-state index contributed by atoms with van der Waals surface area (Å²) >= 11 is 0. The fourth-order valence-electron chi connectivity index (χ4n) is 3.24. The summed E-state index contributed by atoms with van der Waals surface area (Å²) in [7, 11) is 0. The molecule has 4 rings (SSSR count). The van der Waals surface area contributed by atoms with Crippen molar-refractivity contribution in [3.05, 3.63) is 48.0 Å². The second kappa shape index (κ2) is 7.19. The summed E-state index contributed by atoms with van der Waals surface area (Å²) in [6.45, 7) is 3.42. The largest absolute Gasteiger partial charge is 0.486 e. The maximum atomic E-state index is 12.4. The van der Waals surface area contributed by atoms with Crippen LogP contribution in [-0.2, 0) is 4.79 Å². The third-order valence-corrected chi connectivity index (χ3v) is 4.61. The topological polar surface area (TPSA) is 79.9 Å². The van der Waals surface area contributed by atoms with Gasteiger partial charge in [-0.2, -0.15) is 0 Å². The van der Waals surface area contributed by atoms with Gasteiger partial charge in [-0.1, -0.05) is 17.7 Å². The van der Waals surface area contributed by atoms with E-state index in [2.05, 4.69) is 10.6 Å². The van der Waals surface area contributed by atoms with Gasteiger partial charge in [0.15, 0.2) is 11.5 Å². The van der Waals surface area contributed by atoms with Gasteiger partial charge in [-0.25, -0.2) is 4.79 Å².